The van der Waals surface area contributed by atoms with E-state index < -0.39 is 0 Å². The van der Waals surface area contributed by atoms with Gasteiger partial charge in [-0.25, -0.2) is 0 Å². The highest BCUT2D eigenvalue weighted by Crippen LogP contribution is 2.23. The number of anilines is 3. The molecule has 0 amide bonds. The molecular weight excluding hydrogens is 274 g/mol. The van der Waals surface area contributed by atoms with Crippen LogP contribution in [-0.4, -0.2) is 28.3 Å². The highest BCUT2D eigenvalue weighted by molar-refractivity contribution is 5.64. The standard InChI is InChI=1S/C17H25N5/c1-5-10-22(11-6-2)17-20-15(12-18-21-17)19-16-13(3)8-7-9-14(16)4/h7-9,12H,5-6,10-11H2,1-4H3,(H,19,20,21). The molecule has 2 aromatic rings. The van der Waals surface area contributed by atoms with Crippen molar-refractivity contribution in [3.05, 3.63) is 35.5 Å². The van der Waals surface area contributed by atoms with E-state index in [2.05, 4.69) is 71.3 Å². The molecule has 1 aromatic carbocycles. The quantitative estimate of drug-likeness (QED) is 0.841. The summed E-state index contributed by atoms with van der Waals surface area (Å²) in [5.74, 6) is 1.43. The van der Waals surface area contributed by atoms with E-state index in [1.807, 2.05) is 0 Å². The van der Waals surface area contributed by atoms with Crippen LogP contribution in [0.3, 0.4) is 0 Å². The second-order valence-corrected chi connectivity index (χ2v) is 5.52. The largest absolute Gasteiger partial charge is 0.339 e. The molecule has 0 radical (unpaired) electrons. The Balaban J connectivity index is 2.24. The van der Waals surface area contributed by atoms with E-state index in [1.165, 1.54) is 11.1 Å². The van der Waals surface area contributed by atoms with E-state index in [-0.39, 0.29) is 0 Å². The van der Waals surface area contributed by atoms with Crippen LogP contribution < -0.4 is 10.2 Å². The fourth-order valence-corrected chi connectivity index (χ4v) is 2.48. The molecule has 0 saturated heterocycles. The molecule has 1 aromatic heterocycles. The Hall–Kier alpha value is -2.17. The first kappa shape index (κ1) is 16.2. The number of hydrogen-bond acceptors (Lipinski definition) is 5. The number of aromatic nitrogens is 3. The summed E-state index contributed by atoms with van der Waals surface area (Å²) in [6.45, 7) is 10.4. The number of nitrogens with one attached hydrogen (secondary N) is 1. The van der Waals surface area contributed by atoms with Gasteiger partial charge in [0.15, 0.2) is 5.82 Å². The van der Waals surface area contributed by atoms with Gasteiger partial charge in [-0.3, -0.25) is 0 Å². The van der Waals surface area contributed by atoms with Crippen molar-refractivity contribution in [1.29, 1.82) is 0 Å². The summed E-state index contributed by atoms with van der Waals surface area (Å²) in [6.07, 6.45) is 3.81. The van der Waals surface area contributed by atoms with Crippen molar-refractivity contribution in [2.24, 2.45) is 0 Å². The normalized spacial score (nSPS) is 10.5. The lowest BCUT2D eigenvalue weighted by molar-refractivity contribution is 0.711. The molecule has 0 aliphatic heterocycles. The summed E-state index contributed by atoms with van der Waals surface area (Å²) in [7, 11) is 0. The lowest BCUT2D eigenvalue weighted by atomic mass is 10.1. The van der Waals surface area contributed by atoms with Crippen LogP contribution in [0, 0.1) is 13.8 Å². The monoisotopic (exact) mass is 299 g/mol. The number of nitrogens with zero attached hydrogens (tertiary/aromatic N) is 4. The molecule has 0 aliphatic carbocycles. The van der Waals surface area contributed by atoms with Gasteiger partial charge >= 0.3 is 0 Å². The fraction of sp³-hybridized carbons (Fsp3) is 0.471. The lowest BCUT2D eigenvalue weighted by Crippen LogP contribution is -2.27. The van der Waals surface area contributed by atoms with Gasteiger partial charge in [-0.1, -0.05) is 32.0 Å². The number of aryl methyl sites for hydroxylation is 2. The van der Waals surface area contributed by atoms with Gasteiger partial charge in [0.25, 0.3) is 0 Å². The summed E-state index contributed by atoms with van der Waals surface area (Å²) in [4.78, 5) is 6.81. The molecule has 118 valence electrons. The van der Waals surface area contributed by atoms with Gasteiger partial charge < -0.3 is 10.2 Å². The third-order valence-electron chi connectivity index (χ3n) is 3.55. The zero-order chi connectivity index (χ0) is 15.9. The van der Waals surface area contributed by atoms with Gasteiger partial charge in [0.1, 0.15) is 0 Å². The molecule has 5 heteroatoms. The van der Waals surface area contributed by atoms with Gasteiger partial charge in [0.05, 0.1) is 6.20 Å². The van der Waals surface area contributed by atoms with E-state index in [4.69, 9.17) is 0 Å². The first-order valence-corrected chi connectivity index (χ1v) is 7.93. The van der Waals surface area contributed by atoms with Crippen LogP contribution in [-0.2, 0) is 0 Å². The van der Waals surface area contributed by atoms with Crippen molar-refractivity contribution in [2.75, 3.05) is 23.3 Å². The van der Waals surface area contributed by atoms with E-state index in [0.29, 0.717) is 5.95 Å². The maximum Gasteiger partial charge on any atom is 0.247 e. The van der Waals surface area contributed by atoms with Crippen molar-refractivity contribution in [3.63, 3.8) is 0 Å². The average molecular weight is 299 g/mol. The maximum absolute atomic E-state index is 4.63. The van der Waals surface area contributed by atoms with Crippen LogP contribution in [0.5, 0.6) is 0 Å². The van der Waals surface area contributed by atoms with E-state index in [9.17, 15) is 0 Å². The van der Waals surface area contributed by atoms with Gasteiger partial charge in [-0.05, 0) is 37.8 Å². The molecule has 2 rings (SSSR count). The number of benzene rings is 1. The third kappa shape index (κ3) is 3.93. The Labute approximate surface area is 132 Å². The van der Waals surface area contributed by atoms with Gasteiger partial charge in [-0.15, -0.1) is 5.10 Å². The van der Waals surface area contributed by atoms with E-state index in [1.54, 1.807) is 6.20 Å². The van der Waals surface area contributed by atoms with Crippen molar-refractivity contribution in [2.45, 2.75) is 40.5 Å². The molecule has 0 saturated carbocycles. The molecule has 0 fully saturated rings. The van der Waals surface area contributed by atoms with Crippen LogP contribution >= 0.6 is 0 Å². The first-order valence-electron chi connectivity index (χ1n) is 7.93. The predicted octanol–water partition coefficient (Wildman–Crippen LogP) is 3.86. The molecular formula is C17H25N5. The van der Waals surface area contributed by atoms with Crippen molar-refractivity contribution in [1.82, 2.24) is 15.2 Å². The summed E-state index contributed by atoms with van der Waals surface area (Å²) >= 11 is 0. The lowest BCUT2D eigenvalue weighted by Gasteiger charge is -2.21. The number of rotatable bonds is 7. The summed E-state index contributed by atoms with van der Waals surface area (Å²) < 4.78 is 0. The smallest absolute Gasteiger partial charge is 0.247 e. The highest BCUT2D eigenvalue weighted by atomic mass is 15.3. The van der Waals surface area contributed by atoms with Crippen LogP contribution in [0.2, 0.25) is 0 Å². The Morgan fingerprint density at radius 3 is 2.27 bits per heavy atom. The molecule has 5 nitrogen and oxygen atoms in total. The number of para-hydroxylation sites is 1. The topological polar surface area (TPSA) is 53.9 Å². The third-order valence-corrected chi connectivity index (χ3v) is 3.55. The zero-order valence-corrected chi connectivity index (χ0v) is 13.9. The molecule has 0 atom stereocenters. The van der Waals surface area contributed by atoms with Crippen molar-refractivity contribution >= 4 is 17.5 Å². The SMILES string of the molecule is CCCN(CCC)c1nncc(Nc2c(C)cccc2C)n1. The van der Waals surface area contributed by atoms with Crippen molar-refractivity contribution in [3.8, 4) is 0 Å². The van der Waals surface area contributed by atoms with Crippen LogP contribution in [0.1, 0.15) is 37.8 Å². The molecule has 0 unspecified atom stereocenters. The molecule has 0 bridgehead atoms. The summed E-state index contributed by atoms with van der Waals surface area (Å²) in [6, 6.07) is 6.24. The van der Waals surface area contributed by atoms with E-state index >= 15 is 0 Å². The average Bonchev–Trinajstić information content (AvgIpc) is 2.51. The van der Waals surface area contributed by atoms with Crippen LogP contribution in [0.25, 0.3) is 0 Å². The molecule has 22 heavy (non-hydrogen) atoms. The predicted molar refractivity (Wildman–Crippen MR) is 91.8 cm³/mol. The second kappa shape index (κ2) is 7.73. The minimum absolute atomic E-state index is 0.694. The summed E-state index contributed by atoms with van der Waals surface area (Å²) in [5.41, 5.74) is 3.48. The summed E-state index contributed by atoms with van der Waals surface area (Å²) in [5, 5.41) is 11.7. The first-order chi connectivity index (χ1) is 10.7. The van der Waals surface area contributed by atoms with Gasteiger partial charge in [0.2, 0.25) is 5.95 Å². The maximum atomic E-state index is 4.63. The molecule has 1 heterocycles. The fourth-order valence-electron chi connectivity index (χ4n) is 2.48. The Bertz CT molecular complexity index is 585. The van der Waals surface area contributed by atoms with Crippen molar-refractivity contribution < 1.29 is 0 Å². The Kier molecular flexibility index (Phi) is 5.69. The second-order valence-electron chi connectivity index (χ2n) is 5.52. The molecule has 0 spiro atoms. The number of hydrogen-bond donors (Lipinski definition) is 1. The minimum atomic E-state index is 0.694. The van der Waals surface area contributed by atoms with E-state index in [0.717, 1.165) is 37.4 Å². The van der Waals surface area contributed by atoms with Gasteiger partial charge in [-0.2, -0.15) is 10.1 Å². The van der Waals surface area contributed by atoms with Gasteiger partial charge in [0, 0.05) is 18.8 Å². The zero-order valence-electron chi connectivity index (χ0n) is 13.9. The molecule has 0 aliphatic rings. The highest BCUT2D eigenvalue weighted by Gasteiger charge is 2.10. The molecule has 1 N–H and O–H groups in total. The Morgan fingerprint density at radius 1 is 1.05 bits per heavy atom. The van der Waals surface area contributed by atoms with Crippen LogP contribution in [0.4, 0.5) is 17.5 Å². The van der Waals surface area contributed by atoms with Crippen LogP contribution in [0.15, 0.2) is 24.4 Å². The minimum Gasteiger partial charge on any atom is -0.339 e. The Morgan fingerprint density at radius 2 is 1.68 bits per heavy atom.